The van der Waals surface area contributed by atoms with Crippen LogP contribution < -0.4 is 5.73 Å². The molecule has 2 aromatic rings. The van der Waals surface area contributed by atoms with Crippen molar-refractivity contribution in [3.8, 4) is 0 Å². The fourth-order valence-electron chi connectivity index (χ4n) is 6.50. The predicted molar refractivity (Wildman–Crippen MR) is 133 cm³/mol. The summed E-state index contributed by atoms with van der Waals surface area (Å²) < 4.78 is 42.0. The standard InChI is InChI=1S/C28H35ClF3N3/c1-26(11-13-27(17-33,14-12-26)20-6-4-7-21(29)15-20)19-5-2-3-8-22-23(16-19)34-25(18-9-10-18)35-24(22)28(30,31)32/h4,6-7,15,18-19H,2-3,5,8-14,16-17,33H2,1H3. The Hall–Kier alpha value is -1.66. The summed E-state index contributed by atoms with van der Waals surface area (Å²) in [7, 11) is 0. The number of hydrogen-bond donors (Lipinski definition) is 1. The lowest BCUT2D eigenvalue weighted by Gasteiger charge is -2.49. The van der Waals surface area contributed by atoms with Crippen molar-refractivity contribution < 1.29 is 13.2 Å². The first-order valence-corrected chi connectivity index (χ1v) is 13.4. The Bertz CT molecular complexity index is 1070. The van der Waals surface area contributed by atoms with E-state index < -0.39 is 11.9 Å². The smallest absolute Gasteiger partial charge is 0.330 e. The lowest BCUT2D eigenvalue weighted by molar-refractivity contribution is -0.142. The molecule has 1 atom stereocenters. The minimum Gasteiger partial charge on any atom is -0.330 e. The Morgan fingerprint density at radius 1 is 1.06 bits per heavy atom. The topological polar surface area (TPSA) is 51.8 Å². The molecule has 2 fully saturated rings. The summed E-state index contributed by atoms with van der Waals surface area (Å²) in [4.78, 5) is 8.84. The second-order valence-corrected chi connectivity index (χ2v) is 11.9. The second-order valence-electron chi connectivity index (χ2n) is 11.4. The highest BCUT2D eigenvalue weighted by Crippen LogP contribution is 2.53. The lowest BCUT2D eigenvalue weighted by Crippen LogP contribution is -2.44. The molecule has 1 unspecified atom stereocenters. The van der Waals surface area contributed by atoms with Crippen molar-refractivity contribution in [1.29, 1.82) is 0 Å². The third kappa shape index (κ3) is 4.98. The molecule has 0 radical (unpaired) electrons. The number of rotatable bonds is 4. The number of nitrogens with two attached hydrogens (primary N) is 1. The number of aromatic nitrogens is 2. The van der Waals surface area contributed by atoms with E-state index >= 15 is 0 Å². The van der Waals surface area contributed by atoms with Gasteiger partial charge in [0.2, 0.25) is 0 Å². The highest BCUT2D eigenvalue weighted by Gasteiger charge is 2.46. The molecule has 1 aromatic heterocycles. The molecule has 0 spiro atoms. The van der Waals surface area contributed by atoms with Gasteiger partial charge < -0.3 is 5.73 Å². The van der Waals surface area contributed by atoms with Crippen molar-refractivity contribution in [2.75, 3.05) is 6.54 Å². The Morgan fingerprint density at radius 2 is 1.80 bits per heavy atom. The molecule has 3 aliphatic carbocycles. The molecule has 3 nitrogen and oxygen atoms in total. The zero-order valence-electron chi connectivity index (χ0n) is 20.4. The van der Waals surface area contributed by atoms with Crippen LogP contribution in [0.5, 0.6) is 0 Å². The molecule has 2 N–H and O–H groups in total. The van der Waals surface area contributed by atoms with Gasteiger partial charge in [0, 0.05) is 34.2 Å². The number of alkyl halides is 3. The molecular formula is C28H35ClF3N3. The van der Waals surface area contributed by atoms with E-state index in [-0.39, 0.29) is 16.7 Å². The van der Waals surface area contributed by atoms with E-state index in [1.165, 1.54) is 5.56 Å². The molecule has 3 aliphatic rings. The van der Waals surface area contributed by atoms with Crippen LogP contribution in [0.25, 0.3) is 0 Å². The van der Waals surface area contributed by atoms with Gasteiger partial charge in [-0.05, 0) is 93.2 Å². The highest BCUT2D eigenvalue weighted by molar-refractivity contribution is 6.30. The van der Waals surface area contributed by atoms with Gasteiger partial charge in [-0.1, -0.05) is 37.1 Å². The van der Waals surface area contributed by atoms with Gasteiger partial charge in [0.15, 0.2) is 5.69 Å². The van der Waals surface area contributed by atoms with Gasteiger partial charge in [-0.3, -0.25) is 0 Å². The van der Waals surface area contributed by atoms with Gasteiger partial charge in [0.1, 0.15) is 5.82 Å². The first-order chi connectivity index (χ1) is 16.6. The zero-order chi connectivity index (χ0) is 24.8. The maximum Gasteiger partial charge on any atom is 0.433 e. The lowest BCUT2D eigenvalue weighted by atomic mass is 9.56. The normalized spacial score (nSPS) is 29.8. The molecule has 1 heterocycles. The Balaban J connectivity index is 1.43. The average molecular weight is 506 g/mol. The van der Waals surface area contributed by atoms with Gasteiger partial charge in [-0.25, -0.2) is 9.97 Å². The highest BCUT2D eigenvalue weighted by atomic mass is 35.5. The maximum absolute atomic E-state index is 14.0. The fraction of sp³-hybridized carbons (Fsp3) is 0.643. The van der Waals surface area contributed by atoms with Crippen LogP contribution in [-0.4, -0.2) is 16.5 Å². The van der Waals surface area contributed by atoms with E-state index in [0.29, 0.717) is 42.4 Å². The monoisotopic (exact) mass is 505 g/mol. The largest absolute Gasteiger partial charge is 0.433 e. The number of benzene rings is 1. The van der Waals surface area contributed by atoms with Crippen molar-refractivity contribution >= 4 is 11.6 Å². The van der Waals surface area contributed by atoms with Gasteiger partial charge >= 0.3 is 6.18 Å². The van der Waals surface area contributed by atoms with E-state index in [1.54, 1.807) is 0 Å². The van der Waals surface area contributed by atoms with Crippen molar-refractivity contribution in [1.82, 2.24) is 9.97 Å². The molecule has 2 saturated carbocycles. The molecule has 1 aromatic carbocycles. The Morgan fingerprint density at radius 3 is 2.43 bits per heavy atom. The quantitative estimate of drug-likeness (QED) is 0.471. The third-order valence-electron chi connectivity index (χ3n) is 9.15. The van der Waals surface area contributed by atoms with Crippen molar-refractivity contribution in [3.63, 3.8) is 0 Å². The van der Waals surface area contributed by atoms with Crippen LogP contribution >= 0.6 is 11.6 Å². The number of halogens is 4. The molecule has 190 valence electrons. The number of fused-ring (bicyclic) bond motifs is 1. The van der Waals surface area contributed by atoms with E-state index in [2.05, 4.69) is 18.0 Å². The summed E-state index contributed by atoms with van der Waals surface area (Å²) >= 11 is 6.29. The first-order valence-electron chi connectivity index (χ1n) is 13.1. The van der Waals surface area contributed by atoms with E-state index in [9.17, 15) is 13.2 Å². The average Bonchev–Trinajstić information content (AvgIpc) is 3.65. The van der Waals surface area contributed by atoms with Gasteiger partial charge in [-0.15, -0.1) is 0 Å². The van der Waals surface area contributed by atoms with Crippen LogP contribution in [0, 0.1) is 11.3 Å². The Labute approximate surface area is 211 Å². The molecule has 0 bridgehead atoms. The molecular weight excluding hydrogens is 471 g/mol. The molecule has 0 aliphatic heterocycles. The summed E-state index contributed by atoms with van der Waals surface area (Å²) in [6.07, 6.45) is 5.06. The molecule has 0 amide bonds. The first kappa shape index (κ1) is 25.0. The fourth-order valence-corrected chi connectivity index (χ4v) is 6.69. The van der Waals surface area contributed by atoms with Gasteiger partial charge in [-0.2, -0.15) is 13.2 Å². The van der Waals surface area contributed by atoms with Crippen LogP contribution in [0.2, 0.25) is 5.02 Å². The third-order valence-corrected chi connectivity index (χ3v) is 9.39. The molecule has 0 saturated heterocycles. The van der Waals surface area contributed by atoms with Crippen molar-refractivity contribution in [2.45, 2.75) is 95.1 Å². The molecule has 5 rings (SSSR count). The van der Waals surface area contributed by atoms with E-state index in [1.807, 2.05) is 18.2 Å². The minimum absolute atomic E-state index is 0.0505. The zero-order valence-corrected chi connectivity index (χ0v) is 21.2. The van der Waals surface area contributed by atoms with Crippen LogP contribution in [0.4, 0.5) is 13.2 Å². The summed E-state index contributed by atoms with van der Waals surface area (Å²) in [5, 5.41) is 0.729. The predicted octanol–water partition coefficient (Wildman–Crippen LogP) is 7.39. The van der Waals surface area contributed by atoms with Crippen LogP contribution in [0.1, 0.15) is 99.0 Å². The van der Waals surface area contributed by atoms with Gasteiger partial charge in [0.25, 0.3) is 0 Å². The second kappa shape index (κ2) is 9.33. The van der Waals surface area contributed by atoms with Gasteiger partial charge in [0.05, 0.1) is 0 Å². The van der Waals surface area contributed by atoms with Crippen molar-refractivity contribution in [3.05, 3.63) is 57.6 Å². The summed E-state index contributed by atoms with van der Waals surface area (Å²) in [5.41, 5.74) is 7.83. The SMILES string of the molecule is CC1(C2CCCCc3c(nc(C4CC4)nc3C(F)(F)F)C2)CCC(CN)(c2cccc(Cl)c2)CC1. The van der Waals surface area contributed by atoms with Crippen LogP contribution in [-0.2, 0) is 24.4 Å². The maximum atomic E-state index is 14.0. The molecule has 7 heteroatoms. The summed E-state index contributed by atoms with van der Waals surface area (Å²) in [6.45, 7) is 2.91. The van der Waals surface area contributed by atoms with E-state index in [4.69, 9.17) is 22.3 Å². The number of nitrogens with zero attached hydrogens (tertiary/aromatic N) is 2. The van der Waals surface area contributed by atoms with Crippen LogP contribution in [0.15, 0.2) is 24.3 Å². The summed E-state index contributed by atoms with van der Waals surface area (Å²) in [6, 6.07) is 8.05. The minimum atomic E-state index is -4.43. The summed E-state index contributed by atoms with van der Waals surface area (Å²) in [5.74, 6) is 0.811. The molecule has 35 heavy (non-hydrogen) atoms. The van der Waals surface area contributed by atoms with Crippen molar-refractivity contribution in [2.24, 2.45) is 17.1 Å². The van der Waals surface area contributed by atoms with E-state index in [0.717, 1.165) is 62.8 Å². The van der Waals surface area contributed by atoms with Crippen LogP contribution in [0.3, 0.4) is 0 Å². The number of hydrogen-bond acceptors (Lipinski definition) is 3. The Kier molecular flexibility index (Phi) is 6.67.